The van der Waals surface area contributed by atoms with E-state index in [2.05, 4.69) is 5.32 Å². The van der Waals surface area contributed by atoms with Gasteiger partial charge in [-0.3, -0.25) is 14.4 Å². The van der Waals surface area contributed by atoms with Gasteiger partial charge in [-0.25, -0.2) is 0 Å². The van der Waals surface area contributed by atoms with Gasteiger partial charge >= 0.3 is 5.97 Å². The molecule has 0 bridgehead atoms. The molecule has 1 aliphatic rings. The molecule has 0 radical (unpaired) electrons. The lowest BCUT2D eigenvalue weighted by Crippen LogP contribution is -2.31. The molecule has 35 heavy (non-hydrogen) atoms. The van der Waals surface area contributed by atoms with Crippen LogP contribution >= 0.6 is 0 Å². The Hall–Kier alpha value is -4.01. The fourth-order valence-corrected chi connectivity index (χ4v) is 4.12. The Morgan fingerprint density at radius 2 is 1.63 bits per heavy atom. The summed E-state index contributed by atoms with van der Waals surface area (Å²) in [4.78, 5) is 39.2. The summed E-state index contributed by atoms with van der Waals surface area (Å²) in [5, 5.41) is 2.47. The van der Waals surface area contributed by atoms with Gasteiger partial charge < -0.3 is 29.2 Å². The topological polar surface area (TPSA) is 103 Å². The van der Waals surface area contributed by atoms with Crippen molar-refractivity contribution in [3.63, 3.8) is 0 Å². The van der Waals surface area contributed by atoms with Gasteiger partial charge in [0.05, 0.1) is 21.3 Å². The predicted molar refractivity (Wildman–Crippen MR) is 130 cm³/mol. The highest BCUT2D eigenvalue weighted by Crippen LogP contribution is 2.46. The van der Waals surface area contributed by atoms with E-state index in [4.69, 9.17) is 18.9 Å². The van der Waals surface area contributed by atoms with Gasteiger partial charge in [-0.15, -0.1) is 0 Å². The second-order valence-corrected chi connectivity index (χ2v) is 8.45. The number of nitrogens with one attached hydrogen (secondary N) is 1. The Balaban J connectivity index is 1.58. The van der Waals surface area contributed by atoms with E-state index in [9.17, 15) is 14.4 Å². The Labute approximate surface area is 204 Å². The average Bonchev–Trinajstić information content (AvgIpc) is 3.05. The Kier molecular flexibility index (Phi) is 7.68. The number of para-hydroxylation sites is 1. The van der Waals surface area contributed by atoms with Crippen LogP contribution in [0, 0.1) is 0 Å². The highest BCUT2D eigenvalue weighted by Gasteiger charge is 2.38. The maximum Gasteiger partial charge on any atom is 0.325 e. The molecule has 3 rings (SSSR count). The number of esters is 1. The predicted octanol–water partition coefficient (Wildman–Crippen LogP) is 2.87. The van der Waals surface area contributed by atoms with Gasteiger partial charge in [0.15, 0.2) is 23.9 Å². The van der Waals surface area contributed by atoms with Crippen molar-refractivity contribution >= 4 is 23.3 Å². The first-order valence-electron chi connectivity index (χ1n) is 11.0. The van der Waals surface area contributed by atoms with Crippen molar-refractivity contribution in [2.75, 3.05) is 46.4 Å². The van der Waals surface area contributed by atoms with Crippen molar-refractivity contribution in [2.45, 2.75) is 19.3 Å². The zero-order chi connectivity index (χ0) is 25.8. The van der Waals surface area contributed by atoms with E-state index in [1.165, 1.54) is 39.5 Å². The summed E-state index contributed by atoms with van der Waals surface area (Å²) < 4.78 is 20.8. The minimum atomic E-state index is -0.736. The van der Waals surface area contributed by atoms with Crippen LogP contribution in [0.4, 0.5) is 5.69 Å². The third-order valence-corrected chi connectivity index (χ3v) is 5.93. The lowest BCUT2D eigenvalue weighted by Gasteiger charge is -2.23. The summed E-state index contributed by atoms with van der Waals surface area (Å²) in [7, 11) is 6.23. The molecular formula is C26H30N2O7. The number of hydrogen-bond donors (Lipinski definition) is 1. The third-order valence-electron chi connectivity index (χ3n) is 5.93. The summed E-state index contributed by atoms with van der Waals surface area (Å²) in [6.07, 6.45) is 1.50. The van der Waals surface area contributed by atoms with Crippen LogP contribution in [0.5, 0.6) is 17.2 Å². The number of ketones is 1. The van der Waals surface area contributed by atoms with Crippen molar-refractivity contribution in [2.24, 2.45) is 0 Å². The van der Waals surface area contributed by atoms with Crippen molar-refractivity contribution in [1.29, 1.82) is 0 Å². The molecule has 0 saturated heterocycles. The molecule has 1 heterocycles. The number of carbonyl (C=O) groups is 3. The van der Waals surface area contributed by atoms with Crippen LogP contribution < -0.4 is 24.4 Å². The summed E-state index contributed by atoms with van der Waals surface area (Å²) in [6.45, 7) is 3.25. The minimum absolute atomic E-state index is 0.208. The van der Waals surface area contributed by atoms with Crippen LogP contribution in [-0.4, -0.2) is 59.2 Å². The number of likely N-dealkylation sites (N-methyl/N-ethyl adjacent to an activating group) is 1. The fraction of sp³-hybridized carbons (Fsp3) is 0.346. The van der Waals surface area contributed by atoms with Crippen LogP contribution in [0.2, 0.25) is 0 Å². The number of amides is 1. The number of allylic oxidation sites excluding steroid dienone is 1. The molecule has 0 aromatic heterocycles. The molecule has 9 heteroatoms. The first kappa shape index (κ1) is 25.6. The monoisotopic (exact) mass is 482 g/mol. The molecule has 2 aromatic carbocycles. The molecule has 0 spiro atoms. The van der Waals surface area contributed by atoms with E-state index >= 15 is 0 Å². The first-order chi connectivity index (χ1) is 16.6. The molecule has 1 N–H and O–H groups in total. The van der Waals surface area contributed by atoms with Gasteiger partial charge in [0.2, 0.25) is 5.75 Å². The summed E-state index contributed by atoms with van der Waals surface area (Å²) >= 11 is 0. The number of benzene rings is 2. The number of anilines is 1. The first-order valence-corrected chi connectivity index (χ1v) is 11.0. The van der Waals surface area contributed by atoms with Crippen molar-refractivity contribution in [3.8, 4) is 17.2 Å². The van der Waals surface area contributed by atoms with E-state index < -0.39 is 25.0 Å². The zero-order valence-corrected chi connectivity index (χ0v) is 20.8. The van der Waals surface area contributed by atoms with Crippen LogP contribution in [0.15, 0.2) is 48.2 Å². The fourth-order valence-electron chi connectivity index (χ4n) is 4.12. The number of methoxy groups -OCH3 is 3. The molecular weight excluding hydrogens is 452 g/mol. The summed E-state index contributed by atoms with van der Waals surface area (Å²) in [6, 6.07) is 10.9. The number of fused-ring (bicyclic) bond motifs is 1. The van der Waals surface area contributed by atoms with Crippen molar-refractivity contribution < 1.29 is 33.3 Å². The number of rotatable bonds is 9. The number of carbonyl (C=O) groups excluding carboxylic acids is 3. The molecule has 2 aromatic rings. The highest BCUT2D eigenvalue weighted by molar-refractivity contribution is 5.98. The van der Waals surface area contributed by atoms with E-state index in [0.717, 1.165) is 16.9 Å². The number of ether oxygens (including phenoxy) is 4. The average molecular weight is 483 g/mol. The molecule has 0 fully saturated rings. The highest BCUT2D eigenvalue weighted by atomic mass is 16.5. The lowest BCUT2D eigenvalue weighted by atomic mass is 9.83. The third kappa shape index (κ3) is 5.24. The summed E-state index contributed by atoms with van der Waals surface area (Å²) in [5.41, 5.74) is 2.81. The summed E-state index contributed by atoms with van der Waals surface area (Å²) in [5.74, 6) is -0.670. The van der Waals surface area contributed by atoms with E-state index in [1.54, 1.807) is 0 Å². The minimum Gasteiger partial charge on any atom is -0.493 e. The van der Waals surface area contributed by atoms with Gasteiger partial charge in [0.25, 0.3) is 5.91 Å². The SMILES string of the molecule is COc1cc(C(=O)NCC(=O)OCC(=O)/C=C2/N(C)c3ccccc3C2(C)C)cc(OC)c1OC. The quantitative estimate of drug-likeness (QED) is 0.430. The van der Waals surface area contributed by atoms with Crippen molar-refractivity contribution in [1.82, 2.24) is 5.32 Å². The molecule has 1 aliphatic heterocycles. The van der Waals surface area contributed by atoms with Gasteiger partial charge in [-0.2, -0.15) is 0 Å². The van der Waals surface area contributed by atoms with Crippen molar-refractivity contribution in [3.05, 3.63) is 59.3 Å². The van der Waals surface area contributed by atoms with Crippen LogP contribution in [0.3, 0.4) is 0 Å². The number of hydrogen-bond acceptors (Lipinski definition) is 8. The Bertz CT molecular complexity index is 1150. The van der Waals surface area contributed by atoms with E-state index in [1.807, 2.05) is 50.1 Å². The van der Waals surface area contributed by atoms with Crippen LogP contribution in [0.1, 0.15) is 29.8 Å². The van der Waals surface area contributed by atoms with Gasteiger partial charge in [-0.1, -0.05) is 32.0 Å². The zero-order valence-electron chi connectivity index (χ0n) is 20.8. The van der Waals surface area contributed by atoms with Gasteiger partial charge in [-0.05, 0) is 23.8 Å². The van der Waals surface area contributed by atoms with E-state index in [-0.39, 0.29) is 16.8 Å². The van der Waals surface area contributed by atoms with Crippen LogP contribution in [-0.2, 0) is 19.7 Å². The second kappa shape index (κ2) is 10.5. The molecule has 0 atom stereocenters. The van der Waals surface area contributed by atoms with Gasteiger partial charge in [0.1, 0.15) is 6.54 Å². The maximum atomic E-state index is 12.5. The molecule has 9 nitrogen and oxygen atoms in total. The molecule has 0 unspecified atom stereocenters. The smallest absolute Gasteiger partial charge is 0.325 e. The molecule has 186 valence electrons. The normalized spacial score (nSPS) is 14.8. The van der Waals surface area contributed by atoms with Gasteiger partial charge in [0, 0.05) is 35.5 Å². The number of nitrogens with zero attached hydrogens (tertiary/aromatic N) is 1. The second-order valence-electron chi connectivity index (χ2n) is 8.45. The maximum absolute atomic E-state index is 12.5. The largest absolute Gasteiger partial charge is 0.493 e. The Morgan fingerprint density at radius 1 is 1.00 bits per heavy atom. The van der Waals surface area contributed by atoms with E-state index in [0.29, 0.717) is 17.2 Å². The molecule has 0 saturated carbocycles. The lowest BCUT2D eigenvalue weighted by molar-refractivity contribution is -0.145. The molecule has 0 aliphatic carbocycles. The molecule has 1 amide bonds. The van der Waals surface area contributed by atoms with Crippen LogP contribution in [0.25, 0.3) is 0 Å². The standard InChI is InChI=1S/C26H30N2O7/c1-26(2)18-9-7-8-10-19(18)28(3)22(26)13-17(29)15-35-23(30)14-27-25(31)16-11-20(32-4)24(34-6)21(12-16)33-5/h7-13H,14-15H2,1-6H3,(H,27,31)/b22-13+. The Morgan fingerprint density at radius 3 is 2.20 bits per heavy atom.